The van der Waals surface area contributed by atoms with Gasteiger partial charge in [-0.3, -0.25) is 4.90 Å². The molecule has 3 rings (SSSR count). The second-order valence-corrected chi connectivity index (χ2v) is 5.34. The number of rotatable bonds is 3. The fourth-order valence-corrected chi connectivity index (χ4v) is 2.82. The van der Waals surface area contributed by atoms with Crippen molar-refractivity contribution in [3.05, 3.63) is 53.9 Å². The number of aryl methyl sites for hydroxylation is 1. The van der Waals surface area contributed by atoms with E-state index in [-0.39, 0.29) is 18.0 Å². The lowest BCUT2D eigenvalue weighted by Gasteiger charge is -2.24. The van der Waals surface area contributed by atoms with Crippen LogP contribution in [0.15, 0.2) is 36.7 Å². The third kappa shape index (κ3) is 2.59. The summed E-state index contributed by atoms with van der Waals surface area (Å²) in [5.41, 5.74) is 1.04. The zero-order valence-electron chi connectivity index (χ0n) is 11.4. The van der Waals surface area contributed by atoms with Gasteiger partial charge in [-0.1, -0.05) is 12.1 Å². The lowest BCUT2D eigenvalue weighted by atomic mass is 10.0. The molecular weight excluding hydrogens is 257 g/mol. The second kappa shape index (κ2) is 5.34. The average molecular weight is 275 g/mol. The first-order valence-electron chi connectivity index (χ1n) is 6.77. The molecule has 0 amide bonds. The van der Waals surface area contributed by atoms with Crippen molar-refractivity contribution >= 4 is 0 Å². The Bertz CT molecular complexity index is 581. The Labute approximate surface area is 117 Å². The Morgan fingerprint density at radius 1 is 1.35 bits per heavy atom. The summed E-state index contributed by atoms with van der Waals surface area (Å²) in [5.74, 6) is 0.731. The van der Waals surface area contributed by atoms with Gasteiger partial charge in [-0.25, -0.2) is 9.37 Å². The van der Waals surface area contributed by atoms with E-state index >= 15 is 0 Å². The lowest BCUT2D eigenvalue weighted by Crippen LogP contribution is -2.25. The highest BCUT2D eigenvalue weighted by molar-refractivity contribution is 5.21. The molecule has 5 heteroatoms. The minimum Gasteiger partial charge on any atom is -0.392 e. The zero-order valence-corrected chi connectivity index (χ0v) is 11.4. The number of likely N-dealkylation sites (tertiary alicyclic amines) is 1. The minimum atomic E-state index is -0.342. The highest BCUT2D eigenvalue weighted by Gasteiger charge is 2.32. The highest BCUT2D eigenvalue weighted by Crippen LogP contribution is 2.33. The van der Waals surface area contributed by atoms with Crippen LogP contribution in [0.4, 0.5) is 4.39 Å². The molecule has 0 spiro atoms. The topological polar surface area (TPSA) is 41.3 Å². The van der Waals surface area contributed by atoms with Gasteiger partial charge in [0, 0.05) is 32.0 Å². The van der Waals surface area contributed by atoms with E-state index in [4.69, 9.17) is 0 Å². The number of benzene rings is 1. The summed E-state index contributed by atoms with van der Waals surface area (Å²) < 4.78 is 15.0. The molecule has 0 radical (unpaired) electrons. The largest absolute Gasteiger partial charge is 0.392 e. The van der Waals surface area contributed by atoms with Crippen molar-refractivity contribution in [1.29, 1.82) is 0 Å². The Hall–Kier alpha value is -1.72. The lowest BCUT2D eigenvalue weighted by molar-refractivity contribution is 0.171. The van der Waals surface area contributed by atoms with E-state index in [1.165, 1.54) is 12.1 Å². The molecule has 1 saturated heterocycles. The molecule has 106 valence electrons. The van der Waals surface area contributed by atoms with Gasteiger partial charge in [0.2, 0.25) is 0 Å². The number of β-amino-alcohol motifs (C(OH)–C–C–N with tert-alkyl or cyclic N) is 1. The Balaban J connectivity index is 1.81. The van der Waals surface area contributed by atoms with Crippen molar-refractivity contribution in [3.63, 3.8) is 0 Å². The van der Waals surface area contributed by atoms with E-state index in [1.54, 1.807) is 18.3 Å². The van der Waals surface area contributed by atoms with Gasteiger partial charge in [0.25, 0.3) is 0 Å². The highest BCUT2D eigenvalue weighted by atomic mass is 19.1. The number of halogens is 1. The number of aliphatic hydroxyl groups is 1. The quantitative estimate of drug-likeness (QED) is 0.929. The number of hydrogen-bond acceptors (Lipinski definition) is 3. The first kappa shape index (κ1) is 13.3. The average Bonchev–Trinajstić information content (AvgIpc) is 2.98. The summed E-state index contributed by atoms with van der Waals surface area (Å²) in [6.45, 7) is 1.30. The van der Waals surface area contributed by atoms with Gasteiger partial charge in [-0.05, 0) is 24.1 Å². The molecule has 2 aromatic rings. The summed E-state index contributed by atoms with van der Waals surface area (Å²) in [4.78, 5) is 6.52. The van der Waals surface area contributed by atoms with Gasteiger partial charge in [-0.2, -0.15) is 0 Å². The number of nitrogens with zero attached hydrogens (tertiary/aromatic N) is 3. The van der Waals surface area contributed by atoms with Crippen LogP contribution in [0.5, 0.6) is 0 Å². The third-order valence-electron chi connectivity index (χ3n) is 3.90. The van der Waals surface area contributed by atoms with Crippen LogP contribution in [-0.2, 0) is 13.6 Å². The Morgan fingerprint density at radius 3 is 2.75 bits per heavy atom. The molecule has 1 aliphatic rings. The van der Waals surface area contributed by atoms with Gasteiger partial charge < -0.3 is 9.67 Å². The van der Waals surface area contributed by atoms with Crippen LogP contribution in [0, 0.1) is 5.82 Å². The maximum Gasteiger partial charge on any atom is 0.123 e. The zero-order chi connectivity index (χ0) is 14.1. The molecule has 4 nitrogen and oxygen atoms in total. The van der Waals surface area contributed by atoms with E-state index in [9.17, 15) is 9.50 Å². The molecular formula is C15H18FN3O. The number of aromatic nitrogens is 2. The molecule has 0 bridgehead atoms. The third-order valence-corrected chi connectivity index (χ3v) is 3.90. The van der Waals surface area contributed by atoms with Crippen molar-refractivity contribution < 1.29 is 9.50 Å². The molecule has 2 atom stereocenters. The second-order valence-electron chi connectivity index (χ2n) is 5.34. The Kier molecular flexibility index (Phi) is 3.54. The first-order valence-corrected chi connectivity index (χ1v) is 6.77. The molecule has 1 N–H and O–H groups in total. The molecule has 1 aromatic carbocycles. The van der Waals surface area contributed by atoms with Crippen molar-refractivity contribution in [2.75, 3.05) is 6.54 Å². The van der Waals surface area contributed by atoms with Crippen molar-refractivity contribution in [2.24, 2.45) is 7.05 Å². The summed E-state index contributed by atoms with van der Waals surface area (Å²) in [5, 5.41) is 9.94. The molecule has 1 aliphatic heterocycles. The molecule has 0 aliphatic carbocycles. The number of imidazole rings is 1. The number of hydrogen-bond donors (Lipinski definition) is 1. The van der Waals surface area contributed by atoms with Crippen LogP contribution < -0.4 is 0 Å². The van der Waals surface area contributed by atoms with Crippen molar-refractivity contribution in [1.82, 2.24) is 14.5 Å². The fraction of sp³-hybridized carbons (Fsp3) is 0.400. The first-order chi connectivity index (χ1) is 9.63. The molecule has 20 heavy (non-hydrogen) atoms. The van der Waals surface area contributed by atoms with Crippen LogP contribution in [-0.4, -0.2) is 32.2 Å². The fourth-order valence-electron chi connectivity index (χ4n) is 2.82. The minimum absolute atomic E-state index is 0.113. The molecule has 0 saturated carbocycles. The van der Waals surface area contributed by atoms with E-state index in [2.05, 4.69) is 9.88 Å². The van der Waals surface area contributed by atoms with E-state index in [0.717, 1.165) is 11.4 Å². The summed E-state index contributed by atoms with van der Waals surface area (Å²) in [6, 6.07) is 6.65. The van der Waals surface area contributed by atoms with Crippen LogP contribution >= 0.6 is 0 Å². The van der Waals surface area contributed by atoms with Gasteiger partial charge >= 0.3 is 0 Å². The van der Waals surface area contributed by atoms with E-state index in [1.807, 2.05) is 17.8 Å². The van der Waals surface area contributed by atoms with Crippen LogP contribution in [0.3, 0.4) is 0 Å². The predicted octanol–water partition coefficient (Wildman–Crippen LogP) is 1.87. The summed E-state index contributed by atoms with van der Waals surface area (Å²) in [7, 11) is 1.96. The molecule has 2 heterocycles. The van der Waals surface area contributed by atoms with E-state index < -0.39 is 0 Å². The van der Waals surface area contributed by atoms with Crippen LogP contribution in [0.25, 0.3) is 0 Å². The molecule has 1 fully saturated rings. The smallest absolute Gasteiger partial charge is 0.123 e. The van der Waals surface area contributed by atoms with Gasteiger partial charge in [0.15, 0.2) is 0 Å². The van der Waals surface area contributed by atoms with Gasteiger partial charge in [-0.15, -0.1) is 0 Å². The maximum absolute atomic E-state index is 13.0. The van der Waals surface area contributed by atoms with E-state index in [0.29, 0.717) is 19.5 Å². The van der Waals surface area contributed by atoms with Crippen LogP contribution in [0.2, 0.25) is 0 Å². The monoisotopic (exact) mass is 275 g/mol. The molecule has 1 aromatic heterocycles. The van der Waals surface area contributed by atoms with Gasteiger partial charge in [0.1, 0.15) is 11.6 Å². The van der Waals surface area contributed by atoms with Crippen molar-refractivity contribution in [2.45, 2.75) is 25.1 Å². The standard InChI is InChI=1S/C15H18FN3O/c1-18-7-6-17-15(18)10-19-9-13(20)8-14(19)11-2-4-12(16)5-3-11/h2-7,13-14,20H,8-10H2,1H3. The van der Waals surface area contributed by atoms with Gasteiger partial charge in [0.05, 0.1) is 12.6 Å². The SMILES string of the molecule is Cn1ccnc1CN1CC(O)CC1c1ccc(F)cc1. The normalized spacial score (nSPS) is 23.4. The molecule has 2 unspecified atom stereocenters. The summed E-state index contributed by atoms with van der Waals surface area (Å²) >= 11 is 0. The maximum atomic E-state index is 13.0. The van der Waals surface area contributed by atoms with Crippen LogP contribution in [0.1, 0.15) is 23.9 Å². The summed E-state index contributed by atoms with van der Waals surface area (Å²) in [6.07, 6.45) is 4.02. The Morgan fingerprint density at radius 2 is 2.10 bits per heavy atom. The predicted molar refractivity (Wildman–Crippen MR) is 73.4 cm³/mol. The van der Waals surface area contributed by atoms with Crippen molar-refractivity contribution in [3.8, 4) is 0 Å². The number of aliphatic hydroxyl groups excluding tert-OH is 1.